The molecule has 5 nitrogen and oxygen atoms in total. The largest absolute Gasteiger partial charge is 0.350 e. The highest BCUT2D eigenvalue weighted by Crippen LogP contribution is 2.18. The van der Waals surface area contributed by atoms with E-state index in [0.717, 1.165) is 23.4 Å². The summed E-state index contributed by atoms with van der Waals surface area (Å²) in [5, 5.41) is 6.79. The molecule has 0 unspecified atom stereocenters. The first-order valence-corrected chi connectivity index (χ1v) is 9.51. The third-order valence-corrected chi connectivity index (χ3v) is 4.71. The molecule has 1 amide bonds. The number of rotatable bonds is 6. The summed E-state index contributed by atoms with van der Waals surface area (Å²) in [6.07, 6.45) is 0.723. The summed E-state index contributed by atoms with van der Waals surface area (Å²) >= 11 is 5.89. The second-order valence-electron chi connectivity index (χ2n) is 6.77. The molecule has 1 aromatic heterocycles. The van der Waals surface area contributed by atoms with Gasteiger partial charge in [0.2, 0.25) is 5.95 Å². The number of aryl methyl sites for hydroxylation is 3. The summed E-state index contributed by atoms with van der Waals surface area (Å²) < 4.78 is 0. The van der Waals surface area contributed by atoms with Crippen LogP contribution in [-0.4, -0.2) is 22.4 Å². The minimum Gasteiger partial charge on any atom is -0.350 e. The predicted molar refractivity (Wildman–Crippen MR) is 113 cm³/mol. The fourth-order valence-corrected chi connectivity index (χ4v) is 2.88. The van der Waals surface area contributed by atoms with Crippen LogP contribution < -0.4 is 10.6 Å². The maximum Gasteiger partial charge on any atom is 0.270 e. The van der Waals surface area contributed by atoms with Gasteiger partial charge in [-0.3, -0.25) is 4.79 Å². The molecule has 28 heavy (non-hydrogen) atoms. The van der Waals surface area contributed by atoms with Gasteiger partial charge in [0, 0.05) is 22.9 Å². The zero-order valence-corrected chi connectivity index (χ0v) is 17.0. The monoisotopic (exact) mass is 394 g/mol. The lowest BCUT2D eigenvalue weighted by Gasteiger charge is -2.10. The average molecular weight is 395 g/mol. The fourth-order valence-electron chi connectivity index (χ4n) is 2.75. The smallest absolute Gasteiger partial charge is 0.270 e. The molecule has 3 aromatic rings. The molecule has 144 valence electrons. The number of hydrogen-bond donors (Lipinski definition) is 2. The molecule has 2 N–H and O–H groups in total. The van der Waals surface area contributed by atoms with E-state index in [1.807, 2.05) is 49.4 Å². The Morgan fingerprint density at radius 1 is 0.964 bits per heavy atom. The van der Waals surface area contributed by atoms with E-state index in [0.29, 0.717) is 23.2 Å². The minimum atomic E-state index is -0.220. The Bertz CT molecular complexity index is 986. The maximum atomic E-state index is 12.5. The highest BCUT2D eigenvalue weighted by molar-refractivity contribution is 6.30. The van der Waals surface area contributed by atoms with Gasteiger partial charge < -0.3 is 10.6 Å². The third-order valence-electron chi connectivity index (χ3n) is 4.46. The Balaban J connectivity index is 1.65. The standard InChI is InChI=1S/C22H23ClN4O/c1-14-4-9-19(12-15(14)2)26-22-25-16(3)13-20(27-22)21(28)24-11-10-17-5-7-18(23)8-6-17/h4-9,12-13H,10-11H2,1-3H3,(H,24,28)(H,25,26,27). The molecule has 0 aliphatic carbocycles. The zero-order valence-electron chi connectivity index (χ0n) is 16.2. The van der Waals surface area contributed by atoms with Crippen LogP contribution in [0.25, 0.3) is 0 Å². The predicted octanol–water partition coefficient (Wildman–Crippen LogP) is 4.77. The Morgan fingerprint density at radius 2 is 1.71 bits per heavy atom. The number of aromatic nitrogens is 2. The van der Waals surface area contributed by atoms with Crippen molar-refractivity contribution in [2.45, 2.75) is 27.2 Å². The number of halogens is 1. The van der Waals surface area contributed by atoms with E-state index in [1.54, 1.807) is 6.07 Å². The normalized spacial score (nSPS) is 10.6. The molecule has 0 spiro atoms. The van der Waals surface area contributed by atoms with Crippen molar-refractivity contribution >= 4 is 29.1 Å². The van der Waals surface area contributed by atoms with E-state index in [1.165, 1.54) is 11.1 Å². The molecule has 1 heterocycles. The minimum absolute atomic E-state index is 0.220. The zero-order chi connectivity index (χ0) is 20.1. The van der Waals surface area contributed by atoms with Crippen molar-refractivity contribution in [1.29, 1.82) is 0 Å². The van der Waals surface area contributed by atoms with Crippen LogP contribution in [-0.2, 0) is 6.42 Å². The number of nitrogens with one attached hydrogen (secondary N) is 2. The Morgan fingerprint density at radius 3 is 2.43 bits per heavy atom. The lowest BCUT2D eigenvalue weighted by atomic mass is 10.1. The number of amides is 1. The molecule has 0 atom stereocenters. The summed E-state index contributed by atoms with van der Waals surface area (Å²) in [6.45, 7) is 6.48. The molecule has 0 aliphatic rings. The Hall–Kier alpha value is -2.92. The summed E-state index contributed by atoms with van der Waals surface area (Å²) in [6, 6.07) is 15.3. The van der Waals surface area contributed by atoms with Crippen molar-refractivity contribution in [3.05, 3.63) is 81.6 Å². The van der Waals surface area contributed by atoms with E-state index in [4.69, 9.17) is 11.6 Å². The molecule has 0 fully saturated rings. The highest BCUT2D eigenvalue weighted by Gasteiger charge is 2.11. The highest BCUT2D eigenvalue weighted by atomic mass is 35.5. The van der Waals surface area contributed by atoms with Gasteiger partial charge in [0.25, 0.3) is 5.91 Å². The van der Waals surface area contributed by atoms with Gasteiger partial charge in [-0.15, -0.1) is 0 Å². The molecule has 0 saturated carbocycles. The average Bonchev–Trinajstić information content (AvgIpc) is 2.66. The summed E-state index contributed by atoms with van der Waals surface area (Å²) in [5.74, 6) is 0.189. The van der Waals surface area contributed by atoms with E-state index in [2.05, 4.69) is 34.4 Å². The number of carbonyl (C=O) groups excluding carboxylic acids is 1. The van der Waals surface area contributed by atoms with Gasteiger partial charge in [-0.25, -0.2) is 9.97 Å². The number of nitrogens with zero attached hydrogens (tertiary/aromatic N) is 2. The van der Waals surface area contributed by atoms with Crippen molar-refractivity contribution < 1.29 is 4.79 Å². The topological polar surface area (TPSA) is 66.9 Å². The van der Waals surface area contributed by atoms with E-state index in [-0.39, 0.29) is 5.91 Å². The second-order valence-corrected chi connectivity index (χ2v) is 7.21. The van der Waals surface area contributed by atoms with Crippen LogP contribution in [0.15, 0.2) is 48.5 Å². The first-order valence-electron chi connectivity index (χ1n) is 9.13. The number of hydrogen-bond acceptors (Lipinski definition) is 4. The van der Waals surface area contributed by atoms with Gasteiger partial charge in [0.1, 0.15) is 5.69 Å². The molecule has 0 radical (unpaired) electrons. The molecule has 2 aromatic carbocycles. The van der Waals surface area contributed by atoms with E-state index in [9.17, 15) is 4.79 Å². The molecule has 3 rings (SSSR count). The van der Waals surface area contributed by atoms with Gasteiger partial charge in [0.05, 0.1) is 0 Å². The number of benzene rings is 2. The quantitative estimate of drug-likeness (QED) is 0.631. The van der Waals surface area contributed by atoms with Crippen molar-refractivity contribution in [3.63, 3.8) is 0 Å². The summed E-state index contributed by atoms with van der Waals surface area (Å²) in [7, 11) is 0. The Kier molecular flexibility index (Phi) is 6.26. The number of anilines is 2. The first-order chi connectivity index (χ1) is 13.4. The van der Waals surface area contributed by atoms with Gasteiger partial charge in [-0.2, -0.15) is 0 Å². The molecule has 0 saturated heterocycles. The lowest BCUT2D eigenvalue weighted by Crippen LogP contribution is -2.27. The van der Waals surface area contributed by atoms with Crippen LogP contribution in [0.3, 0.4) is 0 Å². The summed E-state index contributed by atoms with van der Waals surface area (Å²) in [5.41, 5.74) is 5.47. The molecular formula is C22H23ClN4O. The lowest BCUT2D eigenvalue weighted by molar-refractivity contribution is 0.0949. The fraction of sp³-hybridized carbons (Fsp3) is 0.227. The molecule has 0 aliphatic heterocycles. The van der Waals surface area contributed by atoms with Crippen LogP contribution in [0.1, 0.15) is 32.9 Å². The molecular weight excluding hydrogens is 372 g/mol. The van der Waals surface area contributed by atoms with Crippen LogP contribution in [0.4, 0.5) is 11.6 Å². The van der Waals surface area contributed by atoms with Crippen LogP contribution in [0.5, 0.6) is 0 Å². The van der Waals surface area contributed by atoms with E-state index >= 15 is 0 Å². The SMILES string of the molecule is Cc1cc(C(=O)NCCc2ccc(Cl)cc2)nc(Nc2ccc(C)c(C)c2)n1. The maximum absolute atomic E-state index is 12.5. The van der Waals surface area contributed by atoms with Gasteiger partial charge in [-0.1, -0.05) is 29.8 Å². The summed E-state index contributed by atoms with van der Waals surface area (Å²) in [4.78, 5) is 21.2. The third kappa shape index (κ3) is 5.30. The van der Waals surface area contributed by atoms with Crippen LogP contribution >= 0.6 is 11.6 Å². The van der Waals surface area contributed by atoms with Crippen LogP contribution in [0.2, 0.25) is 5.02 Å². The first kappa shape index (κ1) is 19.8. The van der Waals surface area contributed by atoms with Crippen molar-refractivity contribution in [2.75, 3.05) is 11.9 Å². The van der Waals surface area contributed by atoms with Crippen molar-refractivity contribution in [2.24, 2.45) is 0 Å². The van der Waals surface area contributed by atoms with E-state index < -0.39 is 0 Å². The second kappa shape index (κ2) is 8.85. The van der Waals surface area contributed by atoms with Crippen molar-refractivity contribution in [1.82, 2.24) is 15.3 Å². The van der Waals surface area contributed by atoms with Crippen LogP contribution in [0, 0.1) is 20.8 Å². The Labute approximate surface area is 170 Å². The number of carbonyl (C=O) groups is 1. The molecule has 0 bridgehead atoms. The van der Waals surface area contributed by atoms with Gasteiger partial charge in [0.15, 0.2) is 0 Å². The van der Waals surface area contributed by atoms with Crippen molar-refractivity contribution in [3.8, 4) is 0 Å². The molecule has 6 heteroatoms. The van der Waals surface area contributed by atoms with Gasteiger partial charge >= 0.3 is 0 Å². The van der Waals surface area contributed by atoms with Gasteiger partial charge in [-0.05, 0) is 74.2 Å².